The number of nitrogens with zero attached hydrogens (tertiary/aromatic N) is 2. The van der Waals surface area contributed by atoms with E-state index >= 15 is 0 Å². The highest BCUT2D eigenvalue weighted by atomic mass is 79.9. The minimum Gasteiger partial charge on any atom is -0.296 e. The molecule has 0 spiro atoms. The maximum atomic E-state index is 12.6. The molecule has 0 unspecified atom stereocenters. The summed E-state index contributed by atoms with van der Waals surface area (Å²) in [4.78, 5) is 2.27. The number of hydrogen-bond donors (Lipinski definition) is 0. The van der Waals surface area contributed by atoms with E-state index in [1.165, 1.54) is 5.56 Å². The Hall–Kier alpha value is -0.440. The summed E-state index contributed by atoms with van der Waals surface area (Å²) in [5.74, 6) is 0. The number of thiophene rings is 1. The van der Waals surface area contributed by atoms with Gasteiger partial charge in [-0.2, -0.15) is 4.31 Å². The largest absolute Gasteiger partial charge is 0.296 e. The number of rotatable bonds is 4. The summed E-state index contributed by atoms with van der Waals surface area (Å²) in [5, 5.41) is 0. The Kier molecular flexibility index (Phi) is 5.45. The summed E-state index contributed by atoms with van der Waals surface area (Å²) in [6, 6.07) is 11.4. The van der Waals surface area contributed by atoms with Crippen molar-refractivity contribution in [1.82, 2.24) is 9.21 Å². The van der Waals surface area contributed by atoms with E-state index in [9.17, 15) is 8.42 Å². The summed E-state index contributed by atoms with van der Waals surface area (Å²) in [5.41, 5.74) is 1.23. The molecule has 0 radical (unpaired) electrons. The van der Waals surface area contributed by atoms with Crippen LogP contribution in [0.4, 0.5) is 0 Å². The highest BCUT2D eigenvalue weighted by Gasteiger charge is 2.29. The molecule has 0 atom stereocenters. The lowest BCUT2D eigenvalue weighted by Crippen LogP contribution is -2.48. The second-order valence-corrected chi connectivity index (χ2v) is 10.2. The van der Waals surface area contributed by atoms with Gasteiger partial charge in [-0.1, -0.05) is 39.7 Å². The Morgan fingerprint density at radius 2 is 1.70 bits per heavy atom. The van der Waals surface area contributed by atoms with Crippen LogP contribution in [0.1, 0.15) is 5.56 Å². The van der Waals surface area contributed by atoms with Crippen molar-refractivity contribution in [3.8, 4) is 0 Å². The fourth-order valence-corrected chi connectivity index (χ4v) is 5.86. The first kappa shape index (κ1) is 17.4. The van der Waals surface area contributed by atoms with E-state index in [2.05, 4.69) is 33.0 Å². The molecule has 4 nitrogen and oxygen atoms in total. The van der Waals surface area contributed by atoms with Crippen molar-refractivity contribution in [2.24, 2.45) is 0 Å². The Bertz CT molecular complexity index is 769. The molecular formula is C15H16BrClN2O2S2. The first-order valence-corrected chi connectivity index (χ1v) is 10.6. The summed E-state index contributed by atoms with van der Waals surface area (Å²) in [6.07, 6.45) is 0. The van der Waals surface area contributed by atoms with Crippen LogP contribution < -0.4 is 0 Å². The van der Waals surface area contributed by atoms with Gasteiger partial charge in [-0.3, -0.25) is 4.90 Å². The minimum atomic E-state index is -3.41. The van der Waals surface area contributed by atoms with Crippen LogP contribution >= 0.6 is 38.9 Å². The molecule has 2 aromatic rings. The Morgan fingerprint density at radius 1 is 1.04 bits per heavy atom. The van der Waals surface area contributed by atoms with Crippen LogP contribution in [0.3, 0.4) is 0 Å². The number of halogens is 2. The molecule has 0 bridgehead atoms. The van der Waals surface area contributed by atoms with Crippen LogP contribution in [0.2, 0.25) is 4.34 Å². The lowest BCUT2D eigenvalue weighted by molar-refractivity contribution is 0.182. The first-order chi connectivity index (χ1) is 10.9. The second-order valence-electron chi connectivity index (χ2n) is 5.37. The predicted molar refractivity (Wildman–Crippen MR) is 97.5 cm³/mol. The van der Waals surface area contributed by atoms with Crippen molar-refractivity contribution in [2.45, 2.75) is 10.8 Å². The van der Waals surface area contributed by atoms with Crippen LogP contribution in [0.15, 0.2) is 45.1 Å². The number of benzene rings is 1. The molecule has 2 heterocycles. The van der Waals surface area contributed by atoms with Gasteiger partial charge in [0.25, 0.3) is 10.0 Å². The third-order valence-corrected chi connectivity index (χ3v) is 7.92. The van der Waals surface area contributed by atoms with E-state index < -0.39 is 10.0 Å². The summed E-state index contributed by atoms with van der Waals surface area (Å²) in [7, 11) is -3.41. The zero-order valence-electron chi connectivity index (χ0n) is 12.3. The molecule has 0 N–H and O–H groups in total. The first-order valence-electron chi connectivity index (χ1n) is 7.17. The van der Waals surface area contributed by atoms with Gasteiger partial charge >= 0.3 is 0 Å². The second kappa shape index (κ2) is 7.21. The van der Waals surface area contributed by atoms with Gasteiger partial charge in [-0.05, 0) is 29.8 Å². The minimum absolute atomic E-state index is 0.323. The predicted octanol–water partition coefficient (Wildman–Crippen LogP) is 3.67. The lowest BCUT2D eigenvalue weighted by atomic mass is 10.2. The molecule has 1 aromatic heterocycles. The molecule has 1 aliphatic rings. The fourth-order valence-electron chi connectivity index (χ4n) is 2.54. The smallest absolute Gasteiger partial charge is 0.252 e. The van der Waals surface area contributed by atoms with Gasteiger partial charge in [0, 0.05) is 37.2 Å². The van der Waals surface area contributed by atoms with Gasteiger partial charge in [-0.15, -0.1) is 11.3 Å². The van der Waals surface area contributed by atoms with E-state index in [0.29, 0.717) is 21.6 Å². The standard InChI is InChI=1S/C15H16BrClN2O2S2/c16-13-3-1-12(2-4-13)11-18-7-9-19(10-8-18)23(20,21)15-6-5-14(17)22-15/h1-6H,7-11H2. The molecule has 0 saturated carbocycles. The molecule has 1 fully saturated rings. The maximum Gasteiger partial charge on any atom is 0.252 e. The van der Waals surface area contributed by atoms with E-state index in [0.717, 1.165) is 35.4 Å². The van der Waals surface area contributed by atoms with Crippen molar-refractivity contribution in [3.05, 3.63) is 50.8 Å². The van der Waals surface area contributed by atoms with Gasteiger partial charge in [0.2, 0.25) is 0 Å². The molecule has 1 aromatic carbocycles. The quantitative estimate of drug-likeness (QED) is 0.736. The van der Waals surface area contributed by atoms with Gasteiger partial charge in [0.1, 0.15) is 4.21 Å². The van der Waals surface area contributed by atoms with E-state index in [1.807, 2.05) is 12.1 Å². The highest BCUT2D eigenvalue weighted by molar-refractivity contribution is 9.10. The molecule has 8 heteroatoms. The van der Waals surface area contributed by atoms with Crippen LogP contribution in [0, 0.1) is 0 Å². The number of sulfonamides is 1. The van der Waals surface area contributed by atoms with Crippen LogP contribution in [-0.4, -0.2) is 43.8 Å². The molecule has 0 aliphatic carbocycles. The van der Waals surface area contributed by atoms with Gasteiger partial charge in [-0.25, -0.2) is 8.42 Å². The fraction of sp³-hybridized carbons (Fsp3) is 0.333. The van der Waals surface area contributed by atoms with E-state index in [-0.39, 0.29) is 0 Å². The summed E-state index contributed by atoms with van der Waals surface area (Å²) in [6.45, 7) is 3.32. The molecular weight excluding hydrogens is 420 g/mol. The summed E-state index contributed by atoms with van der Waals surface area (Å²) < 4.78 is 28.5. The maximum absolute atomic E-state index is 12.6. The summed E-state index contributed by atoms with van der Waals surface area (Å²) >= 11 is 10.4. The van der Waals surface area contributed by atoms with Crippen LogP contribution in [0.5, 0.6) is 0 Å². The van der Waals surface area contributed by atoms with Crippen LogP contribution in [0.25, 0.3) is 0 Å². The molecule has 124 valence electrons. The molecule has 3 rings (SSSR count). The average Bonchev–Trinajstić information content (AvgIpc) is 2.98. The topological polar surface area (TPSA) is 40.6 Å². The van der Waals surface area contributed by atoms with Crippen molar-refractivity contribution in [1.29, 1.82) is 0 Å². The van der Waals surface area contributed by atoms with Gasteiger partial charge < -0.3 is 0 Å². The SMILES string of the molecule is O=S(=O)(c1ccc(Cl)s1)N1CCN(Cc2ccc(Br)cc2)CC1. The number of piperazine rings is 1. The molecule has 0 amide bonds. The van der Waals surface area contributed by atoms with Crippen molar-refractivity contribution >= 4 is 48.9 Å². The zero-order valence-corrected chi connectivity index (χ0v) is 16.3. The van der Waals surface area contributed by atoms with Crippen molar-refractivity contribution < 1.29 is 8.42 Å². The van der Waals surface area contributed by atoms with Gasteiger partial charge in [0.15, 0.2) is 0 Å². The number of hydrogen-bond acceptors (Lipinski definition) is 4. The highest BCUT2D eigenvalue weighted by Crippen LogP contribution is 2.28. The Labute approximate surface area is 153 Å². The van der Waals surface area contributed by atoms with E-state index in [4.69, 9.17) is 11.6 Å². The van der Waals surface area contributed by atoms with E-state index in [1.54, 1.807) is 16.4 Å². The molecule has 1 aliphatic heterocycles. The average molecular weight is 436 g/mol. The van der Waals surface area contributed by atoms with Crippen LogP contribution in [-0.2, 0) is 16.6 Å². The zero-order chi connectivity index (χ0) is 16.4. The Balaban J connectivity index is 1.61. The third-order valence-electron chi connectivity index (χ3n) is 3.79. The molecule has 1 saturated heterocycles. The van der Waals surface area contributed by atoms with Crippen molar-refractivity contribution in [3.63, 3.8) is 0 Å². The lowest BCUT2D eigenvalue weighted by Gasteiger charge is -2.33. The molecule has 23 heavy (non-hydrogen) atoms. The van der Waals surface area contributed by atoms with Gasteiger partial charge in [0.05, 0.1) is 4.34 Å². The normalized spacial score (nSPS) is 17.5. The monoisotopic (exact) mass is 434 g/mol. The Morgan fingerprint density at radius 3 is 2.26 bits per heavy atom. The third kappa shape index (κ3) is 4.15. The van der Waals surface area contributed by atoms with Crippen molar-refractivity contribution in [2.75, 3.05) is 26.2 Å².